The second kappa shape index (κ2) is 11.7. The Morgan fingerprint density at radius 1 is 0.913 bits per heavy atom. The summed E-state index contributed by atoms with van der Waals surface area (Å²) in [7, 11) is -3.99. The van der Waals surface area contributed by atoms with E-state index in [0.29, 0.717) is 12.2 Å². The normalized spacial score (nSPS) is 13.7. The minimum atomic E-state index is -3.99. The van der Waals surface area contributed by atoms with Crippen LogP contribution < -0.4 is 4.52 Å². The zero-order valence-electron chi connectivity index (χ0n) is 14.5. The van der Waals surface area contributed by atoms with Crippen molar-refractivity contribution in [2.24, 2.45) is 0 Å². The molecule has 1 unspecified atom stereocenters. The molecule has 1 atom stereocenters. The van der Waals surface area contributed by atoms with Crippen molar-refractivity contribution in [3.8, 4) is 5.75 Å². The molecule has 1 aromatic carbocycles. The van der Waals surface area contributed by atoms with Crippen molar-refractivity contribution in [1.82, 2.24) is 0 Å². The quantitative estimate of drug-likeness (QED) is 0.359. The van der Waals surface area contributed by atoms with Gasteiger partial charge in [-0.15, -0.1) is 0 Å². The van der Waals surface area contributed by atoms with Crippen LogP contribution in [0.3, 0.4) is 0 Å². The van der Waals surface area contributed by atoms with Crippen molar-refractivity contribution >= 4 is 7.82 Å². The van der Waals surface area contributed by atoms with Gasteiger partial charge in [0.05, 0.1) is 6.61 Å². The van der Waals surface area contributed by atoms with E-state index in [4.69, 9.17) is 9.05 Å². The lowest BCUT2D eigenvalue weighted by Gasteiger charge is -2.12. The number of hydrogen-bond donors (Lipinski definition) is 1. The lowest BCUT2D eigenvalue weighted by molar-refractivity contribution is 0.203. The standard InChI is InChI=1S/C18H31O4P/c1-3-5-6-7-8-9-10-11-17-12-14-18(15-13-17)22-23(19,20)21-16-4-2/h12-15H,3-11,16H2,1-2H3,(H,19,20). The van der Waals surface area contributed by atoms with Gasteiger partial charge < -0.3 is 4.52 Å². The van der Waals surface area contributed by atoms with E-state index in [-0.39, 0.29) is 6.61 Å². The maximum absolute atomic E-state index is 11.7. The fraction of sp³-hybridized carbons (Fsp3) is 0.667. The number of phosphoric acid groups is 1. The Kier molecular flexibility index (Phi) is 10.3. The van der Waals surface area contributed by atoms with Crippen LogP contribution in [-0.4, -0.2) is 11.5 Å². The third-order valence-electron chi connectivity index (χ3n) is 3.67. The van der Waals surface area contributed by atoms with E-state index in [1.54, 1.807) is 12.1 Å². The highest BCUT2D eigenvalue weighted by Gasteiger charge is 2.22. The first-order chi connectivity index (χ1) is 11.1. The maximum atomic E-state index is 11.7. The molecule has 23 heavy (non-hydrogen) atoms. The third-order valence-corrected chi connectivity index (χ3v) is 4.62. The Bertz CT molecular complexity index is 459. The van der Waals surface area contributed by atoms with E-state index in [9.17, 15) is 9.46 Å². The summed E-state index contributed by atoms with van der Waals surface area (Å²) in [5.41, 5.74) is 1.23. The van der Waals surface area contributed by atoms with Crippen molar-refractivity contribution in [3.63, 3.8) is 0 Å². The fourth-order valence-electron chi connectivity index (χ4n) is 2.37. The number of benzene rings is 1. The van der Waals surface area contributed by atoms with E-state index in [2.05, 4.69) is 6.92 Å². The van der Waals surface area contributed by atoms with Gasteiger partial charge in [-0.2, -0.15) is 0 Å². The SMILES string of the molecule is CCCCCCCCCc1ccc(OP(=O)(O)OCCC)cc1. The average Bonchev–Trinajstić information content (AvgIpc) is 2.53. The van der Waals surface area contributed by atoms with Crippen molar-refractivity contribution in [3.05, 3.63) is 29.8 Å². The summed E-state index contributed by atoms with van der Waals surface area (Å²) in [5.74, 6) is 0.371. The first-order valence-corrected chi connectivity index (χ1v) is 10.3. The van der Waals surface area contributed by atoms with Gasteiger partial charge >= 0.3 is 7.82 Å². The smallest absolute Gasteiger partial charge is 0.404 e. The van der Waals surface area contributed by atoms with E-state index >= 15 is 0 Å². The van der Waals surface area contributed by atoms with E-state index in [1.165, 1.54) is 50.5 Å². The topological polar surface area (TPSA) is 55.8 Å². The van der Waals surface area contributed by atoms with Crippen LogP contribution in [0.15, 0.2) is 24.3 Å². The predicted molar refractivity (Wildman–Crippen MR) is 94.8 cm³/mol. The molecule has 0 saturated heterocycles. The molecule has 4 nitrogen and oxygen atoms in total. The van der Waals surface area contributed by atoms with Crippen LogP contribution in [0.2, 0.25) is 0 Å². The van der Waals surface area contributed by atoms with Crippen LogP contribution in [0.1, 0.15) is 70.8 Å². The summed E-state index contributed by atoms with van der Waals surface area (Å²) in [4.78, 5) is 9.54. The number of hydrogen-bond acceptors (Lipinski definition) is 3. The van der Waals surface area contributed by atoms with Gasteiger partial charge in [-0.3, -0.25) is 9.42 Å². The molecule has 5 heteroatoms. The zero-order chi connectivity index (χ0) is 17.0. The van der Waals surface area contributed by atoms with Crippen LogP contribution in [-0.2, 0) is 15.5 Å². The molecule has 0 aromatic heterocycles. The summed E-state index contributed by atoms with van der Waals surface area (Å²) >= 11 is 0. The second-order valence-electron chi connectivity index (χ2n) is 5.91. The van der Waals surface area contributed by atoms with Crippen molar-refractivity contribution < 1.29 is 18.5 Å². The molecule has 0 aliphatic rings. The summed E-state index contributed by atoms with van der Waals surface area (Å²) in [5, 5.41) is 0. The molecule has 1 aromatic rings. The van der Waals surface area contributed by atoms with Crippen molar-refractivity contribution in [1.29, 1.82) is 0 Å². The van der Waals surface area contributed by atoms with Gasteiger partial charge in [0.15, 0.2) is 0 Å². The molecule has 1 rings (SSSR count). The van der Waals surface area contributed by atoms with Crippen molar-refractivity contribution in [2.45, 2.75) is 71.6 Å². The minimum Gasteiger partial charge on any atom is -0.404 e. The first kappa shape index (κ1) is 20.2. The van der Waals surface area contributed by atoms with Gasteiger partial charge in [0.1, 0.15) is 5.75 Å². The number of unbranched alkanes of at least 4 members (excludes halogenated alkanes) is 6. The molecule has 0 aliphatic heterocycles. The molecule has 0 radical (unpaired) electrons. The molecule has 0 amide bonds. The number of aryl methyl sites for hydroxylation is 1. The summed E-state index contributed by atoms with van der Waals surface area (Å²) in [6.07, 6.45) is 10.8. The Labute approximate surface area is 140 Å². The van der Waals surface area contributed by atoms with Gasteiger partial charge in [-0.25, -0.2) is 4.57 Å². The largest absolute Gasteiger partial charge is 0.527 e. The molecular formula is C18H31O4P. The van der Waals surface area contributed by atoms with Crippen LogP contribution in [0, 0.1) is 0 Å². The molecular weight excluding hydrogens is 311 g/mol. The molecule has 1 N–H and O–H groups in total. The Hall–Kier alpha value is -0.830. The summed E-state index contributed by atoms with van der Waals surface area (Å²) in [6, 6.07) is 7.36. The van der Waals surface area contributed by atoms with Gasteiger partial charge in [-0.05, 0) is 37.0 Å². The van der Waals surface area contributed by atoms with Gasteiger partial charge in [0.2, 0.25) is 0 Å². The molecule has 0 bridgehead atoms. The molecule has 132 valence electrons. The minimum absolute atomic E-state index is 0.212. The van der Waals surface area contributed by atoms with Crippen LogP contribution in [0.25, 0.3) is 0 Å². The lowest BCUT2D eigenvalue weighted by Crippen LogP contribution is -1.98. The number of rotatable bonds is 13. The Morgan fingerprint density at radius 2 is 1.52 bits per heavy atom. The van der Waals surface area contributed by atoms with Gasteiger partial charge in [0, 0.05) is 0 Å². The predicted octanol–water partition coefficient (Wildman–Crippen LogP) is 5.89. The van der Waals surface area contributed by atoms with Gasteiger partial charge in [-0.1, -0.05) is 64.5 Å². The summed E-state index contributed by atoms with van der Waals surface area (Å²) in [6.45, 7) is 4.32. The highest BCUT2D eigenvalue weighted by Crippen LogP contribution is 2.43. The van der Waals surface area contributed by atoms with Crippen LogP contribution in [0.5, 0.6) is 5.75 Å². The first-order valence-electron chi connectivity index (χ1n) is 8.83. The molecule has 0 spiro atoms. The number of phosphoric ester groups is 1. The molecule has 0 fully saturated rings. The summed E-state index contributed by atoms with van der Waals surface area (Å²) < 4.78 is 21.5. The monoisotopic (exact) mass is 342 g/mol. The Morgan fingerprint density at radius 3 is 2.13 bits per heavy atom. The average molecular weight is 342 g/mol. The molecule has 0 saturated carbocycles. The van der Waals surface area contributed by atoms with E-state index in [1.807, 2.05) is 19.1 Å². The maximum Gasteiger partial charge on any atom is 0.527 e. The van der Waals surface area contributed by atoms with Crippen molar-refractivity contribution in [2.75, 3.05) is 6.61 Å². The fourth-order valence-corrected chi connectivity index (χ4v) is 3.22. The highest BCUT2D eigenvalue weighted by atomic mass is 31.2. The van der Waals surface area contributed by atoms with E-state index in [0.717, 1.165) is 6.42 Å². The lowest BCUT2D eigenvalue weighted by atomic mass is 10.0. The van der Waals surface area contributed by atoms with Crippen LogP contribution >= 0.6 is 7.82 Å². The third kappa shape index (κ3) is 9.80. The van der Waals surface area contributed by atoms with E-state index < -0.39 is 7.82 Å². The van der Waals surface area contributed by atoms with Crippen LogP contribution in [0.4, 0.5) is 0 Å². The Balaban J connectivity index is 2.26. The molecule has 0 heterocycles. The molecule has 0 aliphatic carbocycles. The van der Waals surface area contributed by atoms with Gasteiger partial charge in [0.25, 0.3) is 0 Å². The highest BCUT2D eigenvalue weighted by molar-refractivity contribution is 7.47. The second-order valence-corrected chi connectivity index (χ2v) is 7.29. The zero-order valence-corrected chi connectivity index (χ0v) is 15.4.